The molecule has 130 valence electrons. The maximum Gasteiger partial charge on any atom is 0.281 e. The van der Waals surface area contributed by atoms with Crippen LogP contribution in [0.1, 0.15) is 23.6 Å². The second-order valence-corrected chi connectivity index (χ2v) is 7.33. The van der Waals surface area contributed by atoms with Crippen LogP contribution in [0.5, 0.6) is 0 Å². The van der Waals surface area contributed by atoms with Gasteiger partial charge in [0.05, 0.1) is 0 Å². The first-order chi connectivity index (χ1) is 12.1. The first-order valence-corrected chi connectivity index (χ1v) is 8.97. The number of benzene rings is 1. The summed E-state index contributed by atoms with van der Waals surface area (Å²) in [5.74, 6) is 0.749. The first kappa shape index (κ1) is 16.1. The van der Waals surface area contributed by atoms with Crippen molar-refractivity contribution in [3.8, 4) is 0 Å². The van der Waals surface area contributed by atoms with Crippen molar-refractivity contribution in [3.05, 3.63) is 70.1 Å². The normalized spacial score (nSPS) is 23.0. The number of hydrogen-bond donors (Lipinski definition) is 1. The average molecular weight is 338 g/mol. The van der Waals surface area contributed by atoms with Gasteiger partial charge in [0.1, 0.15) is 0 Å². The lowest BCUT2D eigenvalue weighted by Crippen LogP contribution is -2.69. The van der Waals surface area contributed by atoms with Gasteiger partial charge in [0.2, 0.25) is 0 Å². The van der Waals surface area contributed by atoms with E-state index in [2.05, 4.69) is 5.73 Å². The number of amides is 1. The molecule has 0 spiro atoms. The van der Waals surface area contributed by atoms with Crippen LogP contribution < -0.4 is 11.3 Å². The lowest BCUT2D eigenvalue weighted by molar-refractivity contribution is -0.405. The van der Waals surface area contributed by atoms with Gasteiger partial charge < -0.3 is 15.2 Å². The Kier molecular flexibility index (Phi) is 4.17. The molecular weight excluding hydrogens is 314 g/mol. The zero-order chi connectivity index (χ0) is 17.4. The minimum atomic E-state index is -0.265. The minimum absolute atomic E-state index is 0.0751. The molecular formula is C20H24N3O2+. The first-order valence-electron chi connectivity index (χ1n) is 8.97. The molecule has 4 rings (SSSR count). The van der Waals surface area contributed by atoms with E-state index in [-0.39, 0.29) is 23.4 Å². The second kappa shape index (κ2) is 6.48. The van der Waals surface area contributed by atoms with Gasteiger partial charge in [0.15, 0.2) is 6.04 Å². The Morgan fingerprint density at radius 2 is 1.88 bits per heavy atom. The highest BCUT2D eigenvalue weighted by molar-refractivity contribution is 5.81. The Bertz CT molecular complexity index is 830. The fourth-order valence-corrected chi connectivity index (χ4v) is 4.32. The number of aromatic nitrogens is 1. The zero-order valence-corrected chi connectivity index (χ0v) is 14.3. The summed E-state index contributed by atoms with van der Waals surface area (Å²) in [5.41, 5.74) is 6.41. The van der Waals surface area contributed by atoms with Gasteiger partial charge in [-0.05, 0) is 24.0 Å². The third kappa shape index (κ3) is 3.12. The van der Waals surface area contributed by atoms with Gasteiger partial charge >= 0.3 is 0 Å². The summed E-state index contributed by atoms with van der Waals surface area (Å²) in [7, 11) is 0. The summed E-state index contributed by atoms with van der Waals surface area (Å²) in [5, 5.41) is 0. The molecule has 1 amide bonds. The molecule has 2 aliphatic rings. The highest BCUT2D eigenvalue weighted by Crippen LogP contribution is 2.35. The van der Waals surface area contributed by atoms with Gasteiger partial charge in [0.25, 0.3) is 11.5 Å². The molecule has 3 atom stereocenters. The number of nitrogens with zero attached hydrogens (tertiary/aromatic N) is 2. The molecule has 0 saturated carbocycles. The van der Waals surface area contributed by atoms with Crippen molar-refractivity contribution in [1.29, 1.82) is 0 Å². The van der Waals surface area contributed by atoms with E-state index in [0.29, 0.717) is 18.9 Å². The van der Waals surface area contributed by atoms with E-state index in [0.717, 1.165) is 30.8 Å². The number of likely N-dealkylation sites (tertiary alicyclic amines) is 1. The quantitative estimate of drug-likeness (QED) is 0.893. The van der Waals surface area contributed by atoms with Gasteiger partial charge in [-0.2, -0.15) is 0 Å². The number of carbonyl (C=O) groups is 1. The standard InChI is InChI=1S/C20H23N3O2/c21-17(10-14-5-2-1-3-6-14)20(25)22-11-15-9-16(13-22)18-7-4-8-19(24)23(18)12-15/h1-8,15-17H,9-13,21H2/p+1. The molecule has 1 saturated heterocycles. The average Bonchev–Trinajstić information content (AvgIpc) is 2.63. The molecule has 2 aliphatic heterocycles. The molecule has 5 nitrogen and oxygen atoms in total. The van der Waals surface area contributed by atoms with E-state index >= 15 is 0 Å². The molecule has 0 radical (unpaired) electrons. The molecule has 1 fully saturated rings. The summed E-state index contributed by atoms with van der Waals surface area (Å²) in [4.78, 5) is 27.0. The van der Waals surface area contributed by atoms with Crippen LogP contribution in [0.25, 0.3) is 0 Å². The van der Waals surface area contributed by atoms with Crippen LogP contribution in [0, 0.1) is 5.92 Å². The van der Waals surface area contributed by atoms with Gasteiger partial charge in [-0.15, -0.1) is 0 Å². The number of carbonyl (C=O) groups excluding carboxylic acids is 1. The van der Waals surface area contributed by atoms with Crippen molar-refractivity contribution in [1.82, 2.24) is 9.47 Å². The Morgan fingerprint density at radius 3 is 2.68 bits per heavy atom. The van der Waals surface area contributed by atoms with Gasteiger partial charge in [-0.1, -0.05) is 36.4 Å². The Hall–Kier alpha value is -2.40. The maximum absolute atomic E-state index is 12.9. The van der Waals surface area contributed by atoms with Crippen LogP contribution in [0.2, 0.25) is 0 Å². The van der Waals surface area contributed by atoms with E-state index in [1.54, 1.807) is 6.07 Å². The fourth-order valence-electron chi connectivity index (χ4n) is 4.32. The fraction of sp³-hybridized carbons (Fsp3) is 0.400. The van der Waals surface area contributed by atoms with Crippen molar-refractivity contribution in [2.75, 3.05) is 13.1 Å². The summed E-state index contributed by atoms with van der Waals surface area (Å²) < 4.78 is 1.90. The predicted octanol–water partition coefficient (Wildman–Crippen LogP) is 0.647. The third-order valence-corrected chi connectivity index (χ3v) is 5.47. The van der Waals surface area contributed by atoms with Crippen molar-refractivity contribution >= 4 is 5.91 Å². The molecule has 1 aromatic heterocycles. The predicted molar refractivity (Wildman–Crippen MR) is 95.0 cm³/mol. The second-order valence-electron chi connectivity index (χ2n) is 7.33. The zero-order valence-electron chi connectivity index (χ0n) is 14.3. The van der Waals surface area contributed by atoms with Crippen LogP contribution in [0.4, 0.5) is 0 Å². The lowest BCUT2D eigenvalue weighted by Gasteiger charge is -2.43. The highest BCUT2D eigenvalue weighted by atomic mass is 16.2. The number of piperidine rings is 1. The van der Waals surface area contributed by atoms with Crippen LogP contribution in [-0.2, 0) is 17.8 Å². The largest absolute Gasteiger partial charge is 0.347 e. The molecule has 1 aromatic carbocycles. The summed E-state index contributed by atoms with van der Waals surface area (Å²) in [6.07, 6.45) is 1.73. The molecule has 25 heavy (non-hydrogen) atoms. The van der Waals surface area contributed by atoms with Gasteiger partial charge in [-0.25, -0.2) is 0 Å². The van der Waals surface area contributed by atoms with E-state index in [1.807, 2.05) is 51.9 Å². The van der Waals surface area contributed by atoms with Crippen molar-refractivity contribution in [2.24, 2.45) is 5.92 Å². The molecule has 2 bridgehead atoms. The summed E-state index contributed by atoms with van der Waals surface area (Å²) >= 11 is 0. The Labute approximate surface area is 147 Å². The monoisotopic (exact) mass is 338 g/mol. The van der Waals surface area contributed by atoms with Gasteiger partial charge in [0, 0.05) is 43.7 Å². The maximum atomic E-state index is 12.9. The SMILES string of the molecule is [NH3+]C(Cc1ccccc1)C(=O)N1CC2CC(C1)c1cccc(=O)n1C2. The molecule has 2 aromatic rings. The van der Waals surface area contributed by atoms with Crippen molar-refractivity contribution in [2.45, 2.75) is 31.3 Å². The van der Waals surface area contributed by atoms with Crippen molar-refractivity contribution < 1.29 is 10.5 Å². The lowest BCUT2D eigenvalue weighted by atomic mass is 9.83. The van der Waals surface area contributed by atoms with E-state index < -0.39 is 0 Å². The number of quaternary nitrogens is 1. The van der Waals surface area contributed by atoms with Crippen LogP contribution in [-0.4, -0.2) is 34.5 Å². The third-order valence-electron chi connectivity index (χ3n) is 5.47. The summed E-state index contributed by atoms with van der Waals surface area (Å²) in [6, 6.07) is 15.3. The molecule has 0 aliphatic carbocycles. The van der Waals surface area contributed by atoms with E-state index in [4.69, 9.17) is 0 Å². The smallest absolute Gasteiger partial charge is 0.281 e. The van der Waals surface area contributed by atoms with Gasteiger partial charge in [-0.3, -0.25) is 9.59 Å². The van der Waals surface area contributed by atoms with E-state index in [1.165, 1.54) is 0 Å². The molecule has 3 heterocycles. The van der Waals surface area contributed by atoms with Crippen LogP contribution in [0.15, 0.2) is 53.3 Å². The highest BCUT2D eigenvalue weighted by Gasteiger charge is 2.38. The number of fused-ring (bicyclic) bond motifs is 4. The Balaban J connectivity index is 1.50. The molecule has 5 heteroatoms. The number of hydrogen-bond acceptors (Lipinski definition) is 2. The number of pyridine rings is 1. The van der Waals surface area contributed by atoms with Crippen molar-refractivity contribution in [3.63, 3.8) is 0 Å². The number of rotatable bonds is 3. The molecule has 3 unspecified atom stereocenters. The Morgan fingerprint density at radius 1 is 1.08 bits per heavy atom. The van der Waals surface area contributed by atoms with Crippen LogP contribution >= 0.6 is 0 Å². The topological polar surface area (TPSA) is 70.0 Å². The van der Waals surface area contributed by atoms with Crippen LogP contribution in [0.3, 0.4) is 0 Å². The summed E-state index contributed by atoms with van der Waals surface area (Å²) in [6.45, 7) is 2.15. The van der Waals surface area contributed by atoms with E-state index in [9.17, 15) is 9.59 Å². The minimum Gasteiger partial charge on any atom is -0.347 e. The molecule has 3 N–H and O–H groups in total.